The fourth-order valence-electron chi connectivity index (χ4n) is 4.35. The molecule has 0 aliphatic carbocycles. The van der Waals surface area contributed by atoms with E-state index in [0.717, 1.165) is 10.6 Å². The van der Waals surface area contributed by atoms with Crippen molar-refractivity contribution >= 4 is 17.9 Å². The summed E-state index contributed by atoms with van der Waals surface area (Å²) < 4.78 is 23.9. The molecule has 2 aromatic carbocycles. The summed E-state index contributed by atoms with van der Waals surface area (Å²) in [5.74, 6) is -2.76. The van der Waals surface area contributed by atoms with Crippen molar-refractivity contribution in [1.29, 1.82) is 0 Å². The van der Waals surface area contributed by atoms with Gasteiger partial charge < -0.3 is 18.9 Å². The first-order valence-corrected chi connectivity index (χ1v) is 11.9. The summed E-state index contributed by atoms with van der Waals surface area (Å²) >= 11 is 0. The van der Waals surface area contributed by atoms with Gasteiger partial charge in [0.05, 0.1) is 17.0 Å². The summed E-state index contributed by atoms with van der Waals surface area (Å²) in [5.41, 5.74) is -0.795. The van der Waals surface area contributed by atoms with E-state index in [-0.39, 0.29) is 6.61 Å². The van der Waals surface area contributed by atoms with Gasteiger partial charge in [0.25, 0.3) is 5.56 Å². The van der Waals surface area contributed by atoms with E-state index in [2.05, 4.69) is 4.98 Å². The minimum atomic E-state index is -1.20. The highest BCUT2D eigenvalue weighted by molar-refractivity contribution is 5.89. The molecule has 2 heterocycles. The molecule has 0 saturated carbocycles. The molecule has 1 fully saturated rings. The molecule has 11 nitrogen and oxygen atoms in total. The summed E-state index contributed by atoms with van der Waals surface area (Å²) in [4.78, 5) is 63.8. The number of ether oxygens (including phenoxy) is 4. The predicted octanol–water partition coefficient (Wildman–Crippen LogP) is 2.08. The minimum absolute atomic E-state index is 0.294. The molecule has 1 saturated heterocycles. The number of H-pyrrole nitrogens is 1. The second-order valence-electron chi connectivity index (χ2n) is 8.67. The molecule has 0 radical (unpaired) electrons. The molecule has 0 bridgehead atoms. The van der Waals surface area contributed by atoms with E-state index in [1.807, 2.05) is 0 Å². The maximum Gasteiger partial charge on any atom is 0.338 e. The first-order valence-electron chi connectivity index (χ1n) is 11.9. The van der Waals surface area contributed by atoms with Crippen molar-refractivity contribution in [2.45, 2.75) is 38.4 Å². The van der Waals surface area contributed by atoms with Crippen molar-refractivity contribution in [1.82, 2.24) is 9.55 Å². The van der Waals surface area contributed by atoms with Crippen LogP contribution in [-0.4, -0.2) is 52.4 Å². The number of benzene rings is 2. The monoisotopic (exact) mass is 522 g/mol. The lowest BCUT2D eigenvalue weighted by atomic mass is 9.92. The van der Waals surface area contributed by atoms with E-state index in [9.17, 15) is 24.0 Å². The predicted molar refractivity (Wildman–Crippen MR) is 132 cm³/mol. The van der Waals surface area contributed by atoms with Gasteiger partial charge in [-0.3, -0.25) is 19.1 Å². The second kappa shape index (κ2) is 11.7. The molecule has 3 aromatic rings. The van der Waals surface area contributed by atoms with Gasteiger partial charge in [0.2, 0.25) is 0 Å². The van der Waals surface area contributed by atoms with Crippen molar-refractivity contribution in [3.63, 3.8) is 0 Å². The third kappa shape index (κ3) is 6.06. The van der Waals surface area contributed by atoms with Crippen molar-refractivity contribution in [3.05, 3.63) is 105 Å². The number of aromatic nitrogens is 2. The minimum Gasteiger partial charge on any atom is -0.459 e. The van der Waals surface area contributed by atoms with Gasteiger partial charge in [-0.2, -0.15) is 0 Å². The highest BCUT2D eigenvalue weighted by Gasteiger charge is 2.52. The third-order valence-corrected chi connectivity index (χ3v) is 6.06. The lowest BCUT2D eigenvalue weighted by Crippen LogP contribution is -2.42. The number of rotatable bonds is 8. The van der Waals surface area contributed by atoms with E-state index in [4.69, 9.17) is 18.9 Å². The molecule has 5 atom stereocenters. The molecule has 1 aromatic heterocycles. The first-order chi connectivity index (χ1) is 18.2. The van der Waals surface area contributed by atoms with E-state index >= 15 is 0 Å². The van der Waals surface area contributed by atoms with E-state index < -0.39 is 59.6 Å². The van der Waals surface area contributed by atoms with E-state index in [1.54, 1.807) is 67.6 Å². The Kier molecular flexibility index (Phi) is 8.17. The average molecular weight is 523 g/mol. The highest BCUT2D eigenvalue weighted by atomic mass is 16.6. The number of nitrogens with zero attached hydrogens (tertiary/aromatic N) is 1. The van der Waals surface area contributed by atoms with Crippen molar-refractivity contribution in [2.75, 3.05) is 6.61 Å². The van der Waals surface area contributed by atoms with Crippen LogP contribution in [0.1, 0.15) is 40.8 Å². The van der Waals surface area contributed by atoms with Crippen LogP contribution in [-0.2, 0) is 23.7 Å². The number of carbonyl (C=O) groups is 3. The van der Waals surface area contributed by atoms with Crippen LogP contribution in [0.2, 0.25) is 0 Å². The molecule has 0 amide bonds. The van der Waals surface area contributed by atoms with Crippen LogP contribution in [0.15, 0.2) is 82.5 Å². The standard InChI is InChI=1S/C27H26N2O9/c1-16(36-26(33)19-11-7-4-8-12-19)22-20(15-35-25(32)18-9-5-3-6-10-18)38-24(23(22)37-17(2)30)29-14-13-21(31)28-27(29)34/h3-14,16,20,22-24H,15H2,1-2H3,(H,28,31,34)/t16-,20+,22?,23+,24+/m0/s1. The molecular weight excluding hydrogens is 496 g/mol. The molecule has 0 spiro atoms. The van der Waals surface area contributed by atoms with Gasteiger partial charge in [0.1, 0.15) is 18.8 Å². The van der Waals surface area contributed by atoms with Gasteiger partial charge in [-0.1, -0.05) is 36.4 Å². The maximum atomic E-state index is 12.8. The van der Waals surface area contributed by atoms with Gasteiger partial charge in [-0.25, -0.2) is 14.4 Å². The number of nitrogens with one attached hydrogen (secondary N) is 1. The number of esters is 3. The van der Waals surface area contributed by atoms with Gasteiger partial charge in [0.15, 0.2) is 12.3 Å². The lowest BCUT2D eigenvalue weighted by molar-refractivity contribution is -0.155. The van der Waals surface area contributed by atoms with Gasteiger partial charge in [0, 0.05) is 19.2 Å². The van der Waals surface area contributed by atoms with Crippen LogP contribution in [0.3, 0.4) is 0 Å². The van der Waals surface area contributed by atoms with E-state index in [1.165, 1.54) is 13.1 Å². The fourth-order valence-corrected chi connectivity index (χ4v) is 4.35. The number of hydrogen-bond donors (Lipinski definition) is 1. The molecule has 198 valence electrons. The van der Waals surface area contributed by atoms with E-state index in [0.29, 0.717) is 11.1 Å². The molecule has 1 N–H and O–H groups in total. The van der Waals surface area contributed by atoms with Crippen LogP contribution in [0.5, 0.6) is 0 Å². The topological polar surface area (TPSA) is 143 Å². The molecule has 4 rings (SSSR count). The number of carbonyl (C=O) groups excluding carboxylic acids is 3. The Labute approximate surface area is 216 Å². The average Bonchev–Trinajstić information content (AvgIpc) is 3.25. The quantitative estimate of drug-likeness (QED) is 0.347. The Bertz CT molecular complexity index is 1400. The Morgan fingerprint density at radius 2 is 1.55 bits per heavy atom. The zero-order chi connectivity index (χ0) is 27.2. The smallest absolute Gasteiger partial charge is 0.338 e. The maximum absolute atomic E-state index is 12.8. The van der Waals surface area contributed by atoms with Gasteiger partial charge >= 0.3 is 23.6 Å². The van der Waals surface area contributed by atoms with Crippen LogP contribution in [0, 0.1) is 5.92 Å². The van der Waals surface area contributed by atoms with Gasteiger partial charge in [-0.15, -0.1) is 0 Å². The Balaban J connectivity index is 1.65. The molecule has 11 heteroatoms. The zero-order valence-corrected chi connectivity index (χ0v) is 20.6. The van der Waals surface area contributed by atoms with Gasteiger partial charge in [-0.05, 0) is 31.2 Å². The first kappa shape index (κ1) is 26.6. The Hall–Kier alpha value is -4.51. The molecule has 1 unspecified atom stereocenters. The fraction of sp³-hybridized carbons (Fsp3) is 0.296. The summed E-state index contributed by atoms with van der Waals surface area (Å²) in [6.07, 6.45) is -2.98. The van der Waals surface area contributed by atoms with Crippen LogP contribution < -0.4 is 11.2 Å². The second-order valence-corrected chi connectivity index (χ2v) is 8.67. The van der Waals surface area contributed by atoms with Crippen LogP contribution in [0.4, 0.5) is 0 Å². The summed E-state index contributed by atoms with van der Waals surface area (Å²) in [6.45, 7) is 2.49. The van der Waals surface area contributed by atoms with Crippen molar-refractivity contribution < 1.29 is 33.3 Å². The molecule has 38 heavy (non-hydrogen) atoms. The SMILES string of the molecule is CC(=O)O[C@@H]1C([C@H](C)OC(=O)c2ccccc2)[C@@H](COC(=O)c2ccccc2)O[C@H]1n1ccc(=O)[nH]c1=O. The van der Waals surface area contributed by atoms with Crippen molar-refractivity contribution in [3.8, 4) is 0 Å². The number of aromatic amines is 1. The third-order valence-electron chi connectivity index (χ3n) is 6.06. The molecular formula is C27H26N2O9. The summed E-state index contributed by atoms with van der Waals surface area (Å²) in [5, 5.41) is 0. The lowest BCUT2D eigenvalue weighted by Gasteiger charge is -2.28. The zero-order valence-electron chi connectivity index (χ0n) is 20.6. The van der Waals surface area contributed by atoms with Crippen LogP contribution in [0.25, 0.3) is 0 Å². The highest BCUT2D eigenvalue weighted by Crippen LogP contribution is 2.39. The molecule has 1 aliphatic heterocycles. The van der Waals surface area contributed by atoms with Crippen LogP contribution >= 0.6 is 0 Å². The van der Waals surface area contributed by atoms with Crippen molar-refractivity contribution in [2.24, 2.45) is 5.92 Å². The Morgan fingerprint density at radius 1 is 0.947 bits per heavy atom. The largest absolute Gasteiger partial charge is 0.459 e. The molecule has 1 aliphatic rings. The Morgan fingerprint density at radius 3 is 2.13 bits per heavy atom. The number of hydrogen-bond acceptors (Lipinski definition) is 9. The normalized spacial score (nSPS) is 21.3. The summed E-state index contributed by atoms with van der Waals surface area (Å²) in [7, 11) is 0. The summed E-state index contributed by atoms with van der Waals surface area (Å²) in [6, 6.07) is 17.7.